The van der Waals surface area contributed by atoms with Gasteiger partial charge < -0.3 is 0 Å². The first-order chi connectivity index (χ1) is 7.75. The van der Waals surface area contributed by atoms with Gasteiger partial charge in [0.25, 0.3) is 0 Å². The van der Waals surface area contributed by atoms with E-state index in [0.29, 0.717) is 0 Å². The number of hydrogen-bond acceptors (Lipinski definition) is 0. The van der Waals surface area contributed by atoms with E-state index in [-0.39, 0.29) is 0 Å². The summed E-state index contributed by atoms with van der Waals surface area (Å²) >= 11 is 0. The van der Waals surface area contributed by atoms with Crippen molar-refractivity contribution in [1.29, 1.82) is 0 Å². The van der Waals surface area contributed by atoms with Crippen molar-refractivity contribution in [3.05, 3.63) is 73.5 Å². The van der Waals surface area contributed by atoms with E-state index in [4.69, 9.17) is 13.8 Å². The number of rotatable bonds is 0. The highest BCUT2D eigenvalue weighted by molar-refractivity contribution is 6.09. The smallest absolute Gasteiger partial charge is 0.000522 e. The number of benzene rings is 3. The van der Waals surface area contributed by atoms with Crippen molar-refractivity contribution in [1.82, 2.24) is 0 Å². The zero-order valence-corrected chi connectivity index (χ0v) is 8.77. The van der Waals surface area contributed by atoms with Crippen LogP contribution in [0.4, 0.5) is 0 Å². The average molecular weight is 202 g/mol. The second-order valence-electron chi connectivity index (χ2n) is 3.99. The zero-order valence-electron chi connectivity index (χ0n) is 8.77. The van der Waals surface area contributed by atoms with Gasteiger partial charge in [0, 0.05) is 0 Å². The molecule has 3 aromatic carbocycles. The first-order valence-electron chi connectivity index (χ1n) is 5.22. The Morgan fingerprint density at radius 1 is 0.688 bits per heavy atom. The van der Waals surface area contributed by atoms with Crippen molar-refractivity contribution < 1.29 is 0 Å². The van der Waals surface area contributed by atoms with Crippen molar-refractivity contribution in [3.8, 4) is 0 Å². The zero-order chi connectivity index (χ0) is 11.1. The molecule has 0 saturated heterocycles. The largest absolute Gasteiger partial charge is 0.0616 e. The van der Waals surface area contributed by atoms with Crippen molar-refractivity contribution in [2.45, 2.75) is 0 Å². The summed E-state index contributed by atoms with van der Waals surface area (Å²) in [4.78, 5) is 0. The molecular formula is C16H10. The molecule has 0 unspecified atom stereocenters. The lowest BCUT2D eigenvalue weighted by Crippen LogP contribution is -1.82. The molecule has 0 spiro atoms. The molecule has 0 fully saturated rings. The van der Waals surface area contributed by atoms with Gasteiger partial charge in [-0.25, -0.2) is 0 Å². The highest BCUT2D eigenvalue weighted by Crippen LogP contribution is 2.28. The molecule has 0 N–H and O–H groups in total. The third-order valence-corrected chi connectivity index (χ3v) is 2.91. The molecule has 74 valence electrons. The molecule has 0 saturated carbocycles. The Hall–Kier alpha value is -1.82. The molecule has 0 heteroatoms. The minimum absolute atomic E-state index is 0.766. The number of hydrogen-bond donors (Lipinski definition) is 0. The van der Waals surface area contributed by atoms with Gasteiger partial charge in [0.1, 0.15) is 0 Å². The van der Waals surface area contributed by atoms with Gasteiger partial charge in [-0.15, -0.1) is 0 Å². The SMILES string of the molecule is [CH]c1ccc2c(c1)cc([CH])c1ccccc12. The van der Waals surface area contributed by atoms with E-state index in [0.717, 1.165) is 21.9 Å². The molecule has 0 amide bonds. The minimum Gasteiger partial charge on any atom is -0.0616 e. The molecule has 0 nitrogen and oxygen atoms in total. The van der Waals surface area contributed by atoms with Crippen molar-refractivity contribution in [3.63, 3.8) is 0 Å². The second kappa shape index (κ2) is 3.34. The van der Waals surface area contributed by atoms with Crippen LogP contribution in [0.1, 0.15) is 11.1 Å². The van der Waals surface area contributed by atoms with Crippen LogP contribution in [0.15, 0.2) is 48.5 Å². The second-order valence-corrected chi connectivity index (χ2v) is 3.99. The van der Waals surface area contributed by atoms with Crippen LogP contribution in [0, 0.1) is 13.8 Å². The van der Waals surface area contributed by atoms with Crippen LogP contribution < -0.4 is 0 Å². The Morgan fingerprint density at radius 2 is 1.44 bits per heavy atom. The monoisotopic (exact) mass is 202 g/mol. The predicted molar refractivity (Wildman–Crippen MR) is 68.3 cm³/mol. The summed E-state index contributed by atoms with van der Waals surface area (Å²) in [6.07, 6.45) is 0. The summed E-state index contributed by atoms with van der Waals surface area (Å²) in [6, 6.07) is 16.1. The van der Waals surface area contributed by atoms with Gasteiger partial charge in [-0.3, -0.25) is 0 Å². The molecule has 0 aliphatic carbocycles. The van der Waals surface area contributed by atoms with Crippen molar-refractivity contribution in [2.24, 2.45) is 0 Å². The van der Waals surface area contributed by atoms with E-state index < -0.39 is 0 Å². The van der Waals surface area contributed by atoms with E-state index in [1.807, 2.05) is 42.5 Å². The molecule has 16 heavy (non-hydrogen) atoms. The molecule has 3 rings (SSSR count). The maximum atomic E-state index is 6.03. The van der Waals surface area contributed by atoms with Gasteiger partial charge in [-0.05, 0) is 46.5 Å². The third kappa shape index (κ3) is 1.30. The summed E-state index contributed by atoms with van der Waals surface area (Å²) in [6.45, 7) is 11.8. The lowest BCUT2D eigenvalue weighted by Gasteiger charge is -2.07. The third-order valence-electron chi connectivity index (χ3n) is 2.91. The van der Waals surface area contributed by atoms with Crippen LogP contribution in [0.25, 0.3) is 21.5 Å². The summed E-state index contributed by atoms with van der Waals surface area (Å²) < 4.78 is 0. The van der Waals surface area contributed by atoms with Crippen molar-refractivity contribution in [2.75, 3.05) is 0 Å². The minimum atomic E-state index is 0.766. The molecule has 0 atom stereocenters. The fourth-order valence-corrected chi connectivity index (χ4v) is 2.16. The van der Waals surface area contributed by atoms with Crippen LogP contribution in [0.5, 0.6) is 0 Å². The lowest BCUT2D eigenvalue weighted by molar-refractivity contribution is 1.66. The Morgan fingerprint density at radius 3 is 2.25 bits per heavy atom. The predicted octanol–water partition coefficient (Wildman–Crippen LogP) is 4.11. The maximum absolute atomic E-state index is 6.03. The molecular weight excluding hydrogens is 192 g/mol. The molecule has 4 radical (unpaired) electrons. The Bertz CT molecular complexity index is 678. The van der Waals surface area contributed by atoms with Crippen LogP contribution in [-0.4, -0.2) is 0 Å². The van der Waals surface area contributed by atoms with Gasteiger partial charge in [0.15, 0.2) is 0 Å². The normalized spacial score (nSPS) is 11.1. The van der Waals surface area contributed by atoms with Gasteiger partial charge >= 0.3 is 0 Å². The first-order valence-corrected chi connectivity index (χ1v) is 5.22. The fourth-order valence-electron chi connectivity index (χ4n) is 2.16. The summed E-state index contributed by atoms with van der Waals surface area (Å²) in [5.74, 6) is 0. The summed E-state index contributed by atoms with van der Waals surface area (Å²) in [7, 11) is 0. The van der Waals surface area contributed by atoms with Crippen molar-refractivity contribution >= 4 is 21.5 Å². The average Bonchev–Trinajstić information content (AvgIpc) is 2.29. The topological polar surface area (TPSA) is 0 Å². The standard InChI is InChI=1S/C16H10/c1-11-7-8-15-13(9-11)10-12(2)14-5-3-4-6-16(14)15/h1-10H. The molecule has 0 aliphatic heterocycles. The fraction of sp³-hybridized carbons (Fsp3) is 0. The van der Waals surface area contributed by atoms with E-state index in [9.17, 15) is 0 Å². The van der Waals surface area contributed by atoms with Crippen LogP contribution >= 0.6 is 0 Å². The molecule has 0 aromatic heterocycles. The van der Waals surface area contributed by atoms with Crippen LogP contribution in [0.3, 0.4) is 0 Å². The Labute approximate surface area is 95.5 Å². The van der Waals surface area contributed by atoms with Crippen LogP contribution in [-0.2, 0) is 0 Å². The van der Waals surface area contributed by atoms with Gasteiger partial charge in [-0.2, -0.15) is 0 Å². The highest BCUT2D eigenvalue weighted by atomic mass is 14.1. The quantitative estimate of drug-likeness (QED) is 0.481. The molecule has 0 bridgehead atoms. The van der Waals surface area contributed by atoms with Gasteiger partial charge in [0.2, 0.25) is 0 Å². The highest BCUT2D eigenvalue weighted by Gasteiger charge is 2.03. The lowest BCUT2D eigenvalue weighted by atomic mass is 9.97. The van der Waals surface area contributed by atoms with E-state index >= 15 is 0 Å². The van der Waals surface area contributed by atoms with E-state index in [1.54, 1.807) is 0 Å². The summed E-state index contributed by atoms with van der Waals surface area (Å²) in [5.41, 5.74) is 1.57. The molecule has 3 aromatic rings. The van der Waals surface area contributed by atoms with Crippen LogP contribution in [0.2, 0.25) is 0 Å². The first kappa shape index (κ1) is 9.41. The number of fused-ring (bicyclic) bond motifs is 3. The molecule has 0 heterocycles. The van der Waals surface area contributed by atoms with Gasteiger partial charge in [0.05, 0.1) is 0 Å². The van der Waals surface area contributed by atoms with E-state index in [1.165, 1.54) is 10.8 Å². The Balaban J connectivity index is 2.59. The van der Waals surface area contributed by atoms with Gasteiger partial charge in [-0.1, -0.05) is 48.5 Å². The molecule has 0 aliphatic rings. The van der Waals surface area contributed by atoms with E-state index in [2.05, 4.69) is 6.07 Å². The maximum Gasteiger partial charge on any atom is -0.000522 e. The Kier molecular flexibility index (Phi) is 1.97. The summed E-state index contributed by atoms with van der Waals surface area (Å²) in [5, 5.41) is 4.56.